The molecule has 6 aromatic rings. The first kappa shape index (κ1) is 14.5. The Bertz CT molecular complexity index is 1600. The lowest BCUT2D eigenvalue weighted by Crippen LogP contribution is -2.28. The Balaban J connectivity index is 2.15. The van der Waals surface area contributed by atoms with E-state index in [1.54, 1.807) is 0 Å². The molecule has 0 fully saturated rings. The van der Waals surface area contributed by atoms with Crippen molar-refractivity contribution in [3.8, 4) is 0 Å². The van der Waals surface area contributed by atoms with Gasteiger partial charge in [0, 0.05) is 17.6 Å². The van der Waals surface area contributed by atoms with E-state index in [0.717, 1.165) is 27.3 Å². The summed E-state index contributed by atoms with van der Waals surface area (Å²) in [5, 5.41) is 4.69. The lowest BCUT2D eigenvalue weighted by molar-refractivity contribution is -0.643. The van der Waals surface area contributed by atoms with Gasteiger partial charge in [0.1, 0.15) is 7.05 Å². The van der Waals surface area contributed by atoms with Gasteiger partial charge in [-0.1, -0.05) is 12.1 Å². The molecule has 0 bridgehead atoms. The summed E-state index contributed by atoms with van der Waals surface area (Å²) in [5.74, 6) is 0. The summed E-state index contributed by atoms with van der Waals surface area (Å²) in [5.41, 5.74) is 7.45. The van der Waals surface area contributed by atoms with Crippen LogP contribution in [0.4, 0.5) is 5.69 Å². The Morgan fingerprint density at radius 1 is 1.07 bits per heavy atom. The van der Waals surface area contributed by atoms with Crippen molar-refractivity contribution in [1.82, 2.24) is 9.38 Å². The number of rotatable bonds is 0. The summed E-state index contributed by atoms with van der Waals surface area (Å²) in [7, 11) is 2.09. The van der Waals surface area contributed by atoms with E-state index < -0.39 is 0 Å². The molecule has 4 heteroatoms. The number of hydrogen-bond donors (Lipinski definition) is 0. The molecule has 4 heterocycles. The zero-order chi connectivity index (χ0) is 18.3. The molecule has 0 atom stereocenters. The summed E-state index contributed by atoms with van der Waals surface area (Å²) in [6.45, 7) is 9.72. The first-order valence-electron chi connectivity index (χ1n) is 8.92. The number of benzene rings is 2. The molecule has 0 amide bonds. The van der Waals surface area contributed by atoms with Crippen LogP contribution >= 0.6 is 0 Å². The molecule has 0 radical (unpaired) electrons. The van der Waals surface area contributed by atoms with Gasteiger partial charge in [-0.15, -0.1) is 0 Å². The second-order valence-corrected chi connectivity index (χ2v) is 7.18. The number of pyridine rings is 3. The topological polar surface area (TPSA) is 25.5 Å². The molecule has 0 aliphatic carbocycles. The minimum absolute atomic E-state index is 0.660. The van der Waals surface area contributed by atoms with Crippen LogP contribution in [0, 0.1) is 13.5 Å². The Morgan fingerprint density at radius 3 is 2.81 bits per heavy atom. The van der Waals surface area contributed by atoms with Crippen molar-refractivity contribution in [2.24, 2.45) is 7.05 Å². The predicted molar refractivity (Wildman–Crippen MR) is 109 cm³/mol. The maximum Gasteiger partial charge on any atom is 0.224 e. The fourth-order valence-corrected chi connectivity index (χ4v) is 4.58. The van der Waals surface area contributed by atoms with Crippen LogP contribution in [0.25, 0.3) is 54.0 Å². The third-order valence-electron chi connectivity index (χ3n) is 5.70. The minimum Gasteiger partial charge on any atom is -0.307 e. The third-order valence-corrected chi connectivity index (χ3v) is 5.70. The maximum atomic E-state index is 7.55. The Hall–Kier alpha value is -3.71. The van der Waals surface area contributed by atoms with Gasteiger partial charge < -0.3 is 4.40 Å². The molecule has 4 aromatic heterocycles. The average molecular weight is 347 g/mol. The van der Waals surface area contributed by atoms with Crippen LogP contribution in [-0.4, -0.2) is 9.38 Å². The van der Waals surface area contributed by atoms with Gasteiger partial charge in [0.05, 0.1) is 39.4 Å². The van der Waals surface area contributed by atoms with E-state index in [1.807, 2.05) is 24.4 Å². The maximum absolute atomic E-state index is 7.55. The Kier molecular flexibility index (Phi) is 2.52. The summed E-state index contributed by atoms with van der Waals surface area (Å²) in [6.07, 6.45) is 3.94. The van der Waals surface area contributed by atoms with Gasteiger partial charge in [0.25, 0.3) is 0 Å². The first-order chi connectivity index (χ1) is 13.2. The van der Waals surface area contributed by atoms with Crippen molar-refractivity contribution in [2.75, 3.05) is 0 Å². The van der Waals surface area contributed by atoms with Gasteiger partial charge in [-0.3, -0.25) is 4.98 Å². The van der Waals surface area contributed by atoms with Crippen molar-refractivity contribution >= 4 is 54.8 Å². The van der Waals surface area contributed by atoms with Crippen LogP contribution in [0.1, 0.15) is 5.56 Å². The zero-order valence-electron chi connectivity index (χ0n) is 15.0. The summed E-state index contributed by atoms with van der Waals surface area (Å²) in [6, 6.07) is 14.5. The molecular formula is C23H15N4+. The molecule has 2 aromatic carbocycles. The minimum atomic E-state index is 0.660. The van der Waals surface area contributed by atoms with Gasteiger partial charge in [-0.25, -0.2) is 9.41 Å². The van der Waals surface area contributed by atoms with E-state index >= 15 is 0 Å². The van der Waals surface area contributed by atoms with Crippen LogP contribution < -0.4 is 4.57 Å². The van der Waals surface area contributed by atoms with E-state index in [9.17, 15) is 0 Å². The lowest BCUT2D eigenvalue weighted by atomic mass is 10.00. The molecular weight excluding hydrogens is 332 g/mol. The summed E-state index contributed by atoms with van der Waals surface area (Å²) >= 11 is 0. The predicted octanol–water partition coefficient (Wildman–Crippen LogP) is 5.07. The smallest absolute Gasteiger partial charge is 0.224 e. The summed E-state index contributed by atoms with van der Waals surface area (Å²) < 4.78 is 4.49. The molecule has 0 aliphatic rings. The first-order valence-corrected chi connectivity index (χ1v) is 8.92. The second kappa shape index (κ2) is 4.72. The quantitative estimate of drug-likeness (QED) is 0.163. The molecule has 0 saturated carbocycles. The van der Waals surface area contributed by atoms with Crippen molar-refractivity contribution < 1.29 is 4.57 Å². The van der Waals surface area contributed by atoms with Crippen LogP contribution in [0.15, 0.2) is 54.9 Å². The molecule has 0 spiro atoms. The molecule has 6 rings (SSSR count). The highest BCUT2D eigenvalue weighted by molar-refractivity contribution is 6.25. The number of aromatic nitrogens is 3. The van der Waals surface area contributed by atoms with E-state index in [-0.39, 0.29) is 0 Å². The number of hydrogen-bond acceptors (Lipinski definition) is 1. The average Bonchev–Trinajstić information content (AvgIpc) is 3.03. The SMILES string of the molecule is [C-]#[N+]c1cc2cc[n+](C)c3c4c(C)ccc5c6ncccc6n(c(c1)c23)c54. The van der Waals surface area contributed by atoms with E-state index in [2.05, 4.69) is 63.2 Å². The van der Waals surface area contributed by atoms with Crippen LogP contribution in [-0.2, 0) is 7.05 Å². The highest BCUT2D eigenvalue weighted by Crippen LogP contribution is 2.41. The van der Waals surface area contributed by atoms with Gasteiger partial charge in [-0.05, 0) is 42.1 Å². The standard InChI is InChI=1S/C23H15N4/c1-13-6-7-16-21-17(5-4-9-25-21)27-18-12-15(24-2)11-14-8-10-26(3)23(20(14)18)19(13)22(16)27/h4-12H,1,3H3/q+1. The highest BCUT2D eigenvalue weighted by Gasteiger charge is 2.24. The molecule has 27 heavy (non-hydrogen) atoms. The number of nitrogens with zero attached hydrogens (tertiary/aromatic N) is 4. The van der Waals surface area contributed by atoms with E-state index in [1.165, 1.54) is 27.4 Å². The lowest BCUT2D eigenvalue weighted by Gasteiger charge is -2.13. The Morgan fingerprint density at radius 2 is 1.96 bits per heavy atom. The number of aryl methyl sites for hydroxylation is 2. The van der Waals surface area contributed by atoms with Crippen molar-refractivity contribution in [3.05, 3.63) is 71.8 Å². The van der Waals surface area contributed by atoms with Gasteiger partial charge in [0.2, 0.25) is 5.52 Å². The van der Waals surface area contributed by atoms with Crippen LogP contribution in [0.2, 0.25) is 0 Å². The van der Waals surface area contributed by atoms with E-state index in [0.29, 0.717) is 5.69 Å². The molecule has 0 saturated heterocycles. The highest BCUT2D eigenvalue weighted by atomic mass is 15.0. The monoisotopic (exact) mass is 347 g/mol. The van der Waals surface area contributed by atoms with Crippen LogP contribution in [0.5, 0.6) is 0 Å². The zero-order valence-corrected chi connectivity index (χ0v) is 15.0. The Labute approximate surface area is 155 Å². The normalized spacial score (nSPS) is 12.0. The molecule has 0 N–H and O–H groups in total. The second-order valence-electron chi connectivity index (χ2n) is 7.18. The number of fused-ring (bicyclic) bond motifs is 5. The molecule has 0 aliphatic heterocycles. The van der Waals surface area contributed by atoms with Gasteiger partial charge >= 0.3 is 0 Å². The third kappa shape index (κ3) is 1.62. The molecule has 0 unspecified atom stereocenters. The van der Waals surface area contributed by atoms with Gasteiger partial charge in [0.15, 0.2) is 11.9 Å². The van der Waals surface area contributed by atoms with Crippen molar-refractivity contribution in [2.45, 2.75) is 6.92 Å². The van der Waals surface area contributed by atoms with Crippen molar-refractivity contribution in [3.63, 3.8) is 0 Å². The largest absolute Gasteiger partial charge is 0.307 e. The molecule has 126 valence electrons. The summed E-state index contributed by atoms with van der Waals surface area (Å²) in [4.78, 5) is 8.40. The van der Waals surface area contributed by atoms with Gasteiger partial charge in [-0.2, -0.15) is 0 Å². The van der Waals surface area contributed by atoms with Crippen LogP contribution in [0.3, 0.4) is 0 Å². The molecule has 4 nitrogen and oxygen atoms in total. The van der Waals surface area contributed by atoms with E-state index in [4.69, 9.17) is 6.57 Å². The van der Waals surface area contributed by atoms with Crippen molar-refractivity contribution in [1.29, 1.82) is 0 Å². The fraction of sp³-hybridized carbons (Fsp3) is 0.0870. The fourth-order valence-electron chi connectivity index (χ4n) is 4.58.